The quantitative estimate of drug-likeness (QED) is 0.528. The summed E-state index contributed by atoms with van der Waals surface area (Å²) in [5.41, 5.74) is -0.242. The van der Waals surface area contributed by atoms with Gasteiger partial charge in [0.2, 0.25) is 17.7 Å². The highest BCUT2D eigenvalue weighted by Gasteiger charge is 2.56. The molecular weight excluding hydrogens is 423 g/mol. The average molecular weight is 447 g/mol. The van der Waals surface area contributed by atoms with Crippen LogP contribution in [0.15, 0.2) is 36.4 Å². The van der Waals surface area contributed by atoms with E-state index in [1.54, 1.807) is 11.0 Å². The number of imide groups is 1. The molecule has 3 amide bonds. The monoisotopic (exact) mass is 447 g/mol. The van der Waals surface area contributed by atoms with E-state index >= 15 is 0 Å². The van der Waals surface area contributed by atoms with Crippen LogP contribution in [-0.2, 0) is 20.6 Å². The fourth-order valence-electron chi connectivity index (χ4n) is 5.62. The minimum absolute atomic E-state index is 0.0811. The van der Waals surface area contributed by atoms with Crippen LogP contribution in [0.5, 0.6) is 0 Å². The second kappa shape index (κ2) is 7.64. The normalized spacial score (nSPS) is 29.7. The van der Waals surface area contributed by atoms with Crippen LogP contribution in [-0.4, -0.2) is 60.2 Å². The Balaban J connectivity index is 1.21. The maximum atomic E-state index is 13.0. The van der Waals surface area contributed by atoms with Crippen LogP contribution in [0.4, 0.5) is 18.9 Å². The Labute approximate surface area is 183 Å². The van der Waals surface area contributed by atoms with Crippen molar-refractivity contribution in [1.29, 1.82) is 0 Å². The summed E-state index contributed by atoms with van der Waals surface area (Å²) in [5, 5.41) is 0. The first-order chi connectivity index (χ1) is 15.2. The molecule has 0 aromatic heterocycles. The summed E-state index contributed by atoms with van der Waals surface area (Å²) < 4.78 is 39.0. The molecule has 1 aromatic carbocycles. The Hall–Kier alpha value is -2.84. The topological polar surface area (TPSA) is 60.9 Å². The number of amides is 3. The van der Waals surface area contributed by atoms with E-state index in [4.69, 9.17) is 0 Å². The number of likely N-dealkylation sites (tertiary alicyclic amines) is 1. The number of hydrogen-bond donors (Lipinski definition) is 0. The molecule has 32 heavy (non-hydrogen) atoms. The lowest BCUT2D eigenvalue weighted by Crippen LogP contribution is -2.52. The van der Waals surface area contributed by atoms with Gasteiger partial charge in [-0.15, -0.1) is 0 Å². The van der Waals surface area contributed by atoms with Crippen molar-refractivity contribution in [2.45, 2.75) is 19.0 Å². The van der Waals surface area contributed by atoms with Crippen molar-refractivity contribution in [3.8, 4) is 0 Å². The lowest BCUT2D eigenvalue weighted by molar-refractivity contribution is -0.146. The van der Waals surface area contributed by atoms with Crippen LogP contribution < -0.4 is 4.90 Å². The Morgan fingerprint density at radius 1 is 0.938 bits per heavy atom. The van der Waals surface area contributed by atoms with Gasteiger partial charge in [-0.25, -0.2) is 0 Å². The van der Waals surface area contributed by atoms with E-state index in [0.29, 0.717) is 31.9 Å². The van der Waals surface area contributed by atoms with E-state index in [1.165, 1.54) is 6.07 Å². The number of alkyl halides is 3. The van der Waals surface area contributed by atoms with Crippen LogP contribution in [0.1, 0.15) is 18.4 Å². The van der Waals surface area contributed by atoms with Crippen molar-refractivity contribution in [2.24, 2.45) is 23.7 Å². The second-order valence-electron chi connectivity index (χ2n) is 9.02. The maximum absolute atomic E-state index is 13.0. The molecule has 2 aliphatic heterocycles. The van der Waals surface area contributed by atoms with Gasteiger partial charge in [-0.3, -0.25) is 19.3 Å². The smallest absolute Gasteiger partial charge is 0.368 e. The number of benzene rings is 1. The van der Waals surface area contributed by atoms with Crippen LogP contribution in [0.2, 0.25) is 0 Å². The van der Waals surface area contributed by atoms with Gasteiger partial charge in [0.05, 0.1) is 17.4 Å². The predicted molar refractivity (Wildman–Crippen MR) is 109 cm³/mol. The molecule has 0 radical (unpaired) electrons. The molecule has 0 unspecified atom stereocenters. The number of fused-ring (bicyclic) bond motifs is 1. The summed E-state index contributed by atoms with van der Waals surface area (Å²) in [7, 11) is 0. The zero-order valence-corrected chi connectivity index (χ0v) is 17.4. The van der Waals surface area contributed by atoms with Gasteiger partial charge in [0, 0.05) is 31.9 Å². The van der Waals surface area contributed by atoms with E-state index < -0.39 is 11.7 Å². The van der Waals surface area contributed by atoms with Gasteiger partial charge in [0.25, 0.3) is 0 Å². The van der Waals surface area contributed by atoms with Crippen LogP contribution in [0.3, 0.4) is 0 Å². The number of carbonyl (C=O) groups is 3. The van der Waals surface area contributed by atoms with Crippen molar-refractivity contribution in [1.82, 2.24) is 9.80 Å². The third kappa shape index (κ3) is 3.47. The van der Waals surface area contributed by atoms with E-state index in [2.05, 4.69) is 0 Å². The fraction of sp³-hybridized carbons (Fsp3) is 0.522. The van der Waals surface area contributed by atoms with Gasteiger partial charge in [0.15, 0.2) is 0 Å². The molecular formula is C23H24F3N3O3. The van der Waals surface area contributed by atoms with Gasteiger partial charge in [0.1, 0.15) is 6.54 Å². The molecule has 170 valence electrons. The van der Waals surface area contributed by atoms with Crippen LogP contribution >= 0.6 is 0 Å². The Morgan fingerprint density at radius 3 is 2.06 bits per heavy atom. The molecule has 2 saturated heterocycles. The highest BCUT2D eigenvalue weighted by Crippen LogP contribution is 2.49. The van der Waals surface area contributed by atoms with Gasteiger partial charge in [-0.05, 0) is 42.9 Å². The molecule has 0 spiro atoms. The largest absolute Gasteiger partial charge is 0.416 e. The number of anilines is 1. The maximum Gasteiger partial charge on any atom is 0.416 e. The first kappa shape index (κ1) is 21.0. The summed E-state index contributed by atoms with van der Waals surface area (Å²) in [6.07, 6.45) is 1.48. The Kier molecular flexibility index (Phi) is 5.02. The number of rotatable bonds is 3. The first-order valence-electron chi connectivity index (χ1n) is 11.0. The van der Waals surface area contributed by atoms with Gasteiger partial charge in [-0.1, -0.05) is 18.2 Å². The van der Waals surface area contributed by atoms with Crippen molar-refractivity contribution < 1.29 is 27.6 Å². The Bertz CT molecular complexity index is 952. The molecule has 3 fully saturated rings. The predicted octanol–water partition coefficient (Wildman–Crippen LogP) is 2.55. The molecule has 6 nitrogen and oxygen atoms in total. The lowest BCUT2D eigenvalue weighted by atomic mass is 9.63. The fourth-order valence-corrected chi connectivity index (χ4v) is 5.62. The van der Waals surface area contributed by atoms with Gasteiger partial charge < -0.3 is 9.80 Å². The average Bonchev–Trinajstić information content (AvgIpc) is 3.06. The first-order valence-corrected chi connectivity index (χ1v) is 11.0. The zero-order valence-electron chi connectivity index (χ0n) is 17.4. The molecule has 1 saturated carbocycles. The molecule has 9 heteroatoms. The highest BCUT2D eigenvalue weighted by atomic mass is 19.4. The summed E-state index contributed by atoms with van der Waals surface area (Å²) >= 11 is 0. The Morgan fingerprint density at radius 2 is 1.53 bits per heavy atom. The number of nitrogens with zero attached hydrogens (tertiary/aromatic N) is 3. The zero-order chi connectivity index (χ0) is 22.6. The van der Waals surface area contributed by atoms with Crippen molar-refractivity contribution in [2.75, 3.05) is 37.6 Å². The number of piperazine rings is 1. The molecule has 2 heterocycles. The molecule has 2 bridgehead atoms. The van der Waals surface area contributed by atoms with Crippen LogP contribution in [0, 0.1) is 23.7 Å². The van der Waals surface area contributed by atoms with E-state index in [0.717, 1.165) is 29.9 Å². The number of halogens is 3. The van der Waals surface area contributed by atoms with Crippen LogP contribution in [0.25, 0.3) is 0 Å². The number of carbonyl (C=O) groups excluding carboxylic acids is 3. The minimum Gasteiger partial charge on any atom is -0.368 e. The molecule has 0 N–H and O–H groups in total. The van der Waals surface area contributed by atoms with E-state index in [-0.39, 0.29) is 47.9 Å². The summed E-state index contributed by atoms with van der Waals surface area (Å²) in [6, 6.07) is 5.15. The highest BCUT2D eigenvalue weighted by molar-refractivity contribution is 6.08. The molecule has 3 aliphatic carbocycles. The molecule has 4 atom stereocenters. The van der Waals surface area contributed by atoms with Crippen molar-refractivity contribution in [3.63, 3.8) is 0 Å². The third-order valence-electron chi connectivity index (χ3n) is 7.32. The van der Waals surface area contributed by atoms with E-state index in [1.807, 2.05) is 17.1 Å². The SMILES string of the molecule is O=C(CN1C(=O)[C@@H]2[C@@H](C1=O)[C@H]1C=C[C@H]2CC1)N1CCN(c2cccc(C(F)(F)F)c2)CC1. The number of hydrogen-bond acceptors (Lipinski definition) is 4. The second-order valence-corrected chi connectivity index (χ2v) is 9.02. The molecule has 6 rings (SSSR count). The number of allylic oxidation sites excluding steroid dienone is 2. The van der Waals surface area contributed by atoms with Gasteiger partial charge >= 0.3 is 6.18 Å². The molecule has 5 aliphatic rings. The van der Waals surface area contributed by atoms with E-state index in [9.17, 15) is 27.6 Å². The summed E-state index contributed by atoms with van der Waals surface area (Å²) in [4.78, 5) is 43.2. The van der Waals surface area contributed by atoms with Crippen molar-refractivity contribution in [3.05, 3.63) is 42.0 Å². The molecule has 1 aromatic rings. The lowest BCUT2D eigenvalue weighted by Gasteiger charge is -2.38. The standard InChI is InChI=1S/C23H24F3N3O3/c24-23(25,26)16-2-1-3-17(12-16)27-8-10-28(11-9-27)18(30)13-29-21(31)19-14-4-5-15(7-6-14)20(19)22(29)32/h1-5,12,14-15,19-20H,6-11,13H2/t14-,15-,19-,20-/m0/s1. The summed E-state index contributed by atoms with van der Waals surface area (Å²) in [5.74, 6) is -1.29. The van der Waals surface area contributed by atoms with Gasteiger partial charge in [-0.2, -0.15) is 13.2 Å². The third-order valence-corrected chi connectivity index (χ3v) is 7.32. The minimum atomic E-state index is -4.41. The summed E-state index contributed by atoms with van der Waals surface area (Å²) in [6.45, 7) is 1.16. The van der Waals surface area contributed by atoms with Crippen molar-refractivity contribution >= 4 is 23.4 Å².